The van der Waals surface area contributed by atoms with E-state index in [1.165, 1.54) is 0 Å². The number of methoxy groups -OCH3 is 1. The van der Waals surface area contributed by atoms with Crippen LogP contribution in [0.25, 0.3) is 0 Å². The minimum atomic E-state index is -0.627. The summed E-state index contributed by atoms with van der Waals surface area (Å²) in [6.45, 7) is 2.24. The molecule has 1 aromatic carbocycles. The Bertz CT molecular complexity index is 707. The van der Waals surface area contributed by atoms with Crippen LogP contribution in [0.5, 0.6) is 0 Å². The first-order chi connectivity index (χ1) is 13.0. The number of nitrogens with zero attached hydrogens (tertiary/aromatic N) is 2. The number of likely N-dealkylation sites (N-methyl/N-ethyl adjacent to an activating group) is 1. The monoisotopic (exact) mass is 391 g/mol. The van der Waals surface area contributed by atoms with Crippen molar-refractivity contribution in [3.63, 3.8) is 0 Å². The molecule has 2 rings (SSSR count). The van der Waals surface area contributed by atoms with E-state index < -0.39 is 6.10 Å². The maximum atomic E-state index is 12.3. The summed E-state index contributed by atoms with van der Waals surface area (Å²) in [5.74, 6) is -0.0172. The molecule has 6 nitrogen and oxygen atoms in total. The number of amides is 1. The summed E-state index contributed by atoms with van der Waals surface area (Å²) in [4.78, 5) is 17.9. The van der Waals surface area contributed by atoms with Crippen molar-refractivity contribution < 1.29 is 14.6 Å². The zero-order valence-electron chi connectivity index (χ0n) is 15.7. The van der Waals surface area contributed by atoms with Gasteiger partial charge in [-0.2, -0.15) is 0 Å². The number of nitrogens with one attached hydrogen (secondary N) is 1. The van der Waals surface area contributed by atoms with Crippen LogP contribution in [0.15, 0.2) is 42.6 Å². The highest BCUT2D eigenvalue weighted by Gasteiger charge is 2.11. The topological polar surface area (TPSA) is 74.7 Å². The molecule has 27 heavy (non-hydrogen) atoms. The van der Waals surface area contributed by atoms with Crippen LogP contribution in [0.4, 0.5) is 0 Å². The molecule has 2 aromatic rings. The van der Waals surface area contributed by atoms with Crippen molar-refractivity contribution in [2.75, 3.05) is 40.4 Å². The maximum Gasteiger partial charge on any atom is 0.253 e. The Labute approximate surface area is 165 Å². The Morgan fingerprint density at radius 2 is 2.04 bits per heavy atom. The highest BCUT2D eigenvalue weighted by Crippen LogP contribution is 2.13. The number of aliphatic hydroxyl groups excluding tert-OH is 1. The van der Waals surface area contributed by atoms with Crippen molar-refractivity contribution in [2.24, 2.45) is 0 Å². The van der Waals surface area contributed by atoms with Gasteiger partial charge in [0.2, 0.25) is 0 Å². The van der Waals surface area contributed by atoms with Gasteiger partial charge in [-0.15, -0.1) is 0 Å². The Morgan fingerprint density at radius 1 is 1.30 bits per heavy atom. The van der Waals surface area contributed by atoms with Gasteiger partial charge in [-0.1, -0.05) is 29.8 Å². The van der Waals surface area contributed by atoms with Crippen LogP contribution < -0.4 is 5.32 Å². The molecular weight excluding hydrogens is 366 g/mol. The first-order valence-corrected chi connectivity index (χ1v) is 9.22. The van der Waals surface area contributed by atoms with Crippen LogP contribution in [0.2, 0.25) is 5.15 Å². The van der Waals surface area contributed by atoms with Gasteiger partial charge < -0.3 is 20.1 Å². The summed E-state index contributed by atoms with van der Waals surface area (Å²) < 4.78 is 4.99. The third-order valence-corrected chi connectivity index (χ3v) is 4.47. The van der Waals surface area contributed by atoms with Crippen molar-refractivity contribution in [1.29, 1.82) is 0 Å². The van der Waals surface area contributed by atoms with Crippen molar-refractivity contribution in [1.82, 2.24) is 15.2 Å². The zero-order valence-corrected chi connectivity index (χ0v) is 16.4. The number of rotatable bonds is 10. The fraction of sp³-hybridized carbons (Fsp3) is 0.400. The molecule has 146 valence electrons. The number of aliphatic hydroxyl groups is 1. The SMILES string of the molecule is COCCN(C)C(=O)c1ccc(CCNCC(O)c2ccc(Cl)nc2)cc1. The smallest absolute Gasteiger partial charge is 0.253 e. The number of ether oxygens (including phenoxy) is 1. The highest BCUT2D eigenvalue weighted by atomic mass is 35.5. The van der Waals surface area contributed by atoms with Gasteiger partial charge in [0, 0.05) is 44.6 Å². The second-order valence-corrected chi connectivity index (χ2v) is 6.69. The maximum absolute atomic E-state index is 12.3. The molecule has 1 heterocycles. The molecule has 0 aliphatic carbocycles. The summed E-state index contributed by atoms with van der Waals surface area (Å²) in [7, 11) is 3.38. The number of pyridine rings is 1. The van der Waals surface area contributed by atoms with E-state index in [4.69, 9.17) is 16.3 Å². The second kappa shape index (κ2) is 11.0. The average molecular weight is 392 g/mol. The molecule has 1 atom stereocenters. The molecule has 0 saturated heterocycles. The van der Waals surface area contributed by atoms with E-state index >= 15 is 0 Å². The molecule has 0 aliphatic heterocycles. The number of benzene rings is 1. The zero-order chi connectivity index (χ0) is 19.6. The third kappa shape index (κ3) is 6.92. The molecule has 0 radical (unpaired) electrons. The Hall–Kier alpha value is -1.99. The molecule has 0 bridgehead atoms. The number of hydrogen-bond donors (Lipinski definition) is 2. The molecule has 7 heteroatoms. The van der Waals surface area contributed by atoms with E-state index in [9.17, 15) is 9.90 Å². The molecular formula is C20H26ClN3O3. The minimum Gasteiger partial charge on any atom is -0.387 e. The van der Waals surface area contributed by atoms with Crippen molar-refractivity contribution in [3.05, 3.63) is 64.4 Å². The summed E-state index contributed by atoms with van der Waals surface area (Å²) in [5, 5.41) is 13.8. The second-order valence-electron chi connectivity index (χ2n) is 6.30. The molecule has 0 saturated carbocycles. The lowest BCUT2D eigenvalue weighted by Crippen LogP contribution is -2.29. The van der Waals surface area contributed by atoms with Gasteiger partial charge in [-0.25, -0.2) is 4.98 Å². The Kier molecular flexibility index (Phi) is 8.67. The van der Waals surface area contributed by atoms with E-state index in [2.05, 4.69) is 10.3 Å². The lowest BCUT2D eigenvalue weighted by atomic mass is 10.1. The van der Waals surface area contributed by atoms with Gasteiger partial charge in [0.05, 0.1) is 12.7 Å². The predicted molar refractivity (Wildman–Crippen MR) is 106 cm³/mol. The predicted octanol–water partition coefficient (Wildman–Crippen LogP) is 2.32. The normalized spacial score (nSPS) is 12.0. The van der Waals surface area contributed by atoms with E-state index in [0.717, 1.165) is 24.1 Å². The molecule has 1 unspecified atom stereocenters. The molecule has 2 N–H and O–H groups in total. The highest BCUT2D eigenvalue weighted by molar-refractivity contribution is 6.29. The fourth-order valence-corrected chi connectivity index (χ4v) is 2.65. The Balaban J connectivity index is 1.75. The largest absolute Gasteiger partial charge is 0.387 e. The van der Waals surface area contributed by atoms with Crippen molar-refractivity contribution in [2.45, 2.75) is 12.5 Å². The lowest BCUT2D eigenvalue weighted by Gasteiger charge is -2.16. The fourth-order valence-electron chi connectivity index (χ4n) is 2.54. The van der Waals surface area contributed by atoms with E-state index in [-0.39, 0.29) is 5.91 Å². The quantitative estimate of drug-likeness (QED) is 0.480. The first-order valence-electron chi connectivity index (χ1n) is 8.85. The van der Waals surface area contributed by atoms with E-state index in [0.29, 0.717) is 30.4 Å². The first kappa shape index (κ1) is 21.3. The van der Waals surface area contributed by atoms with Crippen LogP contribution >= 0.6 is 11.6 Å². The average Bonchev–Trinajstić information content (AvgIpc) is 2.69. The Morgan fingerprint density at radius 3 is 2.67 bits per heavy atom. The number of carbonyl (C=O) groups is 1. The summed E-state index contributed by atoms with van der Waals surface area (Å²) in [5.41, 5.74) is 2.52. The number of halogens is 1. The number of hydrogen-bond acceptors (Lipinski definition) is 5. The van der Waals surface area contributed by atoms with Crippen LogP contribution in [0.1, 0.15) is 27.6 Å². The minimum absolute atomic E-state index is 0.0172. The third-order valence-electron chi connectivity index (χ3n) is 4.24. The summed E-state index contributed by atoms with van der Waals surface area (Å²) in [6.07, 6.45) is 1.76. The van der Waals surface area contributed by atoms with Gasteiger partial charge in [0.15, 0.2) is 0 Å². The molecule has 0 spiro atoms. The lowest BCUT2D eigenvalue weighted by molar-refractivity contribution is 0.0744. The molecule has 1 amide bonds. The van der Waals surface area contributed by atoms with Gasteiger partial charge in [-0.3, -0.25) is 4.79 Å². The van der Waals surface area contributed by atoms with Gasteiger partial charge in [0.25, 0.3) is 5.91 Å². The summed E-state index contributed by atoms with van der Waals surface area (Å²) >= 11 is 5.74. The number of carbonyl (C=O) groups excluding carboxylic acids is 1. The van der Waals surface area contributed by atoms with Gasteiger partial charge in [-0.05, 0) is 36.7 Å². The van der Waals surface area contributed by atoms with E-state index in [1.54, 1.807) is 37.4 Å². The van der Waals surface area contributed by atoms with Crippen LogP contribution in [0, 0.1) is 0 Å². The van der Waals surface area contributed by atoms with Crippen LogP contribution in [-0.2, 0) is 11.2 Å². The van der Waals surface area contributed by atoms with Gasteiger partial charge in [0.1, 0.15) is 5.15 Å². The van der Waals surface area contributed by atoms with Gasteiger partial charge >= 0.3 is 0 Å². The van der Waals surface area contributed by atoms with Crippen LogP contribution in [0.3, 0.4) is 0 Å². The summed E-state index contributed by atoms with van der Waals surface area (Å²) in [6, 6.07) is 11.0. The number of aromatic nitrogens is 1. The van der Waals surface area contributed by atoms with Crippen molar-refractivity contribution in [3.8, 4) is 0 Å². The van der Waals surface area contributed by atoms with Crippen LogP contribution in [-0.4, -0.2) is 61.3 Å². The molecule has 1 aromatic heterocycles. The molecule has 0 aliphatic rings. The molecule has 0 fully saturated rings. The standard InChI is InChI=1S/C20H26ClN3O3/c1-24(11-12-27-2)20(26)16-5-3-15(4-6-16)9-10-22-14-18(25)17-7-8-19(21)23-13-17/h3-8,13,18,22,25H,9-12,14H2,1-2H3. The van der Waals surface area contributed by atoms with Crippen molar-refractivity contribution >= 4 is 17.5 Å². The van der Waals surface area contributed by atoms with E-state index in [1.807, 2.05) is 24.3 Å².